The molecule has 0 spiro atoms. The first kappa shape index (κ1) is 23.1. The minimum Gasteiger partial charge on any atom is -0.315 e. The molecule has 2 aliphatic heterocycles. The number of rotatable bonds is 6. The molecule has 2 aliphatic rings. The number of carbonyl (C=O) groups excluding carboxylic acids is 1. The molecule has 2 aromatic heterocycles. The quantitative estimate of drug-likeness (QED) is 0.412. The molecule has 2 atom stereocenters. The van der Waals surface area contributed by atoms with E-state index < -0.39 is 0 Å². The summed E-state index contributed by atoms with van der Waals surface area (Å²) < 4.78 is 4.42. The molecule has 0 unspecified atom stereocenters. The molecule has 188 valence electrons. The van der Waals surface area contributed by atoms with Crippen LogP contribution in [0.25, 0.3) is 21.8 Å². The van der Waals surface area contributed by atoms with Crippen LogP contribution in [0.15, 0.2) is 48.5 Å². The number of aromatic nitrogens is 2. The average Bonchev–Trinajstić information content (AvgIpc) is 3.67. The highest BCUT2D eigenvalue weighted by atomic mass is 16.1. The molecule has 0 bridgehead atoms. The van der Waals surface area contributed by atoms with Crippen LogP contribution in [0.2, 0.25) is 0 Å². The summed E-state index contributed by atoms with van der Waals surface area (Å²) in [7, 11) is 4.04. The summed E-state index contributed by atoms with van der Waals surface area (Å²) >= 11 is 0. The molecule has 2 fully saturated rings. The van der Waals surface area contributed by atoms with Crippen molar-refractivity contribution < 1.29 is 4.79 Å². The van der Waals surface area contributed by atoms with Gasteiger partial charge < -0.3 is 20.7 Å². The maximum atomic E-state index is 14.5. The molecular weight excluding hydrogens is 448 g/mol. The zero-order chi connectivity index (χ0) is 25.0. The molecule has 4 heterocycles. The highest BCUT2D eigenvalue weighted by Gasteiger charge is 2.31. The van der Waals surface area contributed by atoms with E-state index in [4.69, 9.17) is 0 Å². The standard InChI is InChI=1S/C29H36N6O/c1-19-7-5-9-21-15-25(34(27(19)21)32-13-11-23(17-32)30-3)29(36)26-16-22-10-6-8-20(2)28(22)35(26)33-14-12-24(18-33)31-4/h5-10,15-16,23-24,30-31H,11-14,17-18H2,1-4H3/t23-,24-/m1/s1. The molecule has 36 heavy (non-hydrogen) atoms. The number of hydrogen-bond acceptors (Lipinski definition) is 5. The van der Waals surface area contributed by atoms with Gasteiger partial charge in [0.05, 0.1) is 11.0 Å². The van der Waals surface area contributed by atoms with Gasteiger partial charge in [-0.25, -0.2) is 0 Å². The highest BCUT2D eigenvalue weighted by molar-refractivity contribution is 6.12. The van der Waals surface area contributed by atoms with Crippen LogP contribution in [0.3, 0.4) is 0 Å². The van der Waals surface area contributed by atoms with E-state index in [1.54, 1.807) is 0 Å². The maximum Gasteiger partial charge on any atom is 0.229 e. The van der Waals surface area contributed by atoms with Crippen molar-refractivity contribution in [1.29, 1.82) is 0 Å². The third-order valence-electron chi connectivity index (χ3n) is 8.18. The molecule has 0 saturated carbocycles. The topological polar surface area (TPSA) is 57.5 Å². The van der Waals surface area contributed by atoms with Crippen molar-refractivity contribution in [3.63, 3.8) is 0 Å². The lowest BCUT2D eigenvalue weighted by molar-refractivity contribution is 0.102. The predicted molar refractivity (Wildman–Crippen MR) is 148 cm³/mol. The van der Waals surface area contributed by atoms with E-state index >= 15 is 0 Å². The van der Waals surface area contributed by atoms with Crippen molar-refractivity contribution >= 4 is 27.6 Å². The summed E-state index contributed by atoms with van der Waals surface area (Å²) in [6.07, 6.45) is 2.13. The Labute approximate surface area is 212 Å². The number of ketones is 1. The summed E-state index contributed by atoms with van der Waals surface area (Å²) in [5, 5.41) is 13.8. The smallest absolute Gasteiger partial charge is 0.229 e. The third-order valence-corrected chi connectivity index (χ3v) is 8.18. The SMILES string of the molecule is CN[C@@H]1CCN(n2c(C(=O)c3cc4cccc(C)c4n3N3CC[C@@H](NC)C3)cc3cccc(C)c32)C1. The largest absolute Gasteiger partial charge is 0.315 e. The van der Waals surface area contributed by atoms with E-state index in [1.165, 1.54) is 11.1 Å². The van der Waals surface area contributed by atoms with Gasteiger partial charge in [-0.05, 0) is 64.0 Å². The van der Waals surface area contributed by atoms with Gasteiger partial charge in [-0.15, -0.1) is 0 Å². The normalized spacial score (nSPS) is 20.3. The van der Waals surface area contributed by atoms with E-state index in [9.17, 15) is 4.79 Å². The fourth-order valence-corrected chi connectivity index (χ4v) is 6.19. The number of likely N-dealkylation sites (N-methyl/N-ethyl adjacent to an activating group) is 2. The molecule has 2 aromatic carbocycles. The number of carbonyl (C=O) groups is 1. The Kier molecular flexibility index (Phi) is 5.77. The molecule has 6 rings (SSSR count). The molecule has 7 heteroatoms. The molecule has 2 saturated heterocycles. The van der Waals surface area contributed by atoms with Crippen LogP contribution in [0.4, 0.5) is 0 Å². The van der Waals surface area contributed by atoms with Crippen LogP contribution in [0.1, 0.15) is 40.2 Å². The van der Waals surface area contributed by atoms with Gasteiger partial charge in [0.15, 0.2) is 0 Å². The summed E-state index contributed by atoms with van der Waals surface area (Å²) in [6.45, 7) is 7.88. The summed E-state index contributed by atoms with van der Waals surface area (Å²) in [5.74, 6) is 0.0713. The Hall–Kier alpha value is -3.29. The van der Waals surface area contributed by atoms with Crippen molar-refractivity contribution in [3.05, 3.63) is 71.0 Å². The Morgan fingerprint density at radius 2 is 1.19 bits per heavy atom. The third kappa shape index (κ3) is 3.61. The van der Waals surface area contributed by atoms with Gasteiger partial charge in [-0.1, -0.05) is 36.4 Å². The number of para-hydroxylation sites is 2. The number of benzene rings is 2. The Balaban J connectivity index is 1.54. The molecular formula is C29H36N6O. The Morgan fingerprint density at radius 1 is 0.750 bits per heavy atom. The number of nitrogens with one attached hydrogen (secondary N) is 2. The van der Waals surface area contributed by atoms with Crippen LogP contribution in [-0.2, 0) is 0 Å². The Morgan fingerprint density at radius 3 is 1.58 bits per heavy atom. The first-order valence-corrected chi connectivity index (χ1v) is 13.1. The summed E-state index contributed by atoms with van der Waals surface area (Å²) in [4.78, 5) is 14.5. The monoisotopic (exact) mass is 484 g/mol. The van der Waals surface area contributed by atoms with Gasteiger partial charge in [0.1, 0.15) is 11.4 Å². The minimum absolute atomic E-state index is 0.0713. The first-order chi connectivity index (χ1) is 17.5. The second-order valence-electron chi connectivity index (χ2n) is 10.4. The summed E-state index contributed by atoms with van der Waals surface area (Å²) in [6, 6.07) is 17.7. The number of hydrogen-bond donors (Lipinski definition) is 2. The molecule has 2 N–H and O–H groups in total. The molecule has 7 nitrogen and oxygen atoms in total. The first-order valence-electron chi connectivity index (χ1n) is 13.1. The lowest BCUT2D eigenvalue weighted by Gasteiger charge is -2.27. The predicted octanol–water partition coefficient (Wildman–Crippen LogP) is 3.30. The van der Waals surface area contributed by atoms with E-state index in [2.05, 4.69) is 92.4 Å². The maximum absolute atomic E-state index is 14.5. The van der Waals surface area contributed by atoms with Gasteiger partial charge >= 0.3 is 0 Å². The van der Waals surface area contributed by atoms with Crippen molar-refractivity contribution in [2.45, 2.75) is 38.8 Å². The zero-order valence-corrected chi connectivity index (χ0v) is 21.7. The number of nitrogens with zero attached hydrogens (tertiary/aromatic N) is 4. The highest BCUT2D eigenvalue weighted by Crippen LogP contribution is 2.31. The minimum atomic E-state index is 0.0713. The lowest BCUT2D eigenvalue weighted by Crippen LogP contribution is -2.39. The molecule has 0 amide bonds. The van der Waals surface area contributed by atoms with Gasteiger partial charge in [0.2, 0.25) is 5.78 Å². The van der Waals surface area contributed by atoms with Crippen molar-refractivity contribution in [3.8, 4) is 0 Å². The fraction of sp³-hybridized carbons (Fsp3) is 0.414. The van der Waals surface area contributed by atoms with Crippen LogP contribution in [-0.4, -0.2) is 67.5 Å². The van der Waals surface area contributed by atoms with E-state index in [0.29, 0.717) is 12.1 Å². The fourth-order valence-electron chi connectivity index (χ4n) is 6.19. The molecule has 4 aromatic rings. The summed E-state index contributed by atoms with van der Waals surface area (Å²) in [5.41, 5.74) is 6.12. The van der Waals surface area contributed by atoms with Crippen LogP contribution in [0, 0.1) is 13.8 Å². The van der Waals surface area contributed by atoms with Crippen LogP contribution >= 0.6 is 0 Å². The Bertz CT molecular complexity index is 1340. The van der Waals surface area contributed by atoms with E-state index in [1.807, 2.05) is 14.1 Å². The van der Waals surface area contributed by atoms with Crippen LogP contribution < -0.4 is 20.7 Å². The second-order valence-corrected chi connectivity index (χ2v) is 10.4. The van der Waals surface area contributed by atoms with Gasteiger partial charge in [-0.2, -0.15) is 0 Å². The van der Waals surface area contributed by atoms with Gasteiger partial charge in [0, 0.05) is 49.0 Å². The zero-order valence-electron chi connectivity index (χ0n) is 21.7. The van der Waals surface area contributed by atoms with Gasteiger partial charge in [-0.3, -0.25) is 14.1 Å². The number of aryl methyl sites for hydroxylation is 2. The van der Waals surface area contributed by atoms with Gasteiger partial charge in [0.25, 0.3) is 0 Å². The number of fused-ring (bicyclic) bond motifs is 2. The van der Waals surface area contributed by atoms with Crippen molar-refractivity contribution in [2.24, 2.45) is 0 Å². The average molecular weight is 485 g/mol. The molecule has 0 aliphatic carbocycles. The molecule has 0 radical (unpaired) electrons. The van der Waals surface area contributed by atoms with Crippen LogP contribution in [0.5, 0.6) is 0 Å². The lowest BCUT2D eigenvalue weighted by atomic mass is 10.1. The van der Waals surface area contributed by atoms with Crippen molar-refractivity contribution in [2.75, 3.05) is 50.3 Å². The van der Waals surface area contributed by atoms with E-state index in [0.717, 1.165) is 72.2 Å². The van der Waals surface area contributed by atoms with Crippen molar-refractivity contribution in [1.82, 2.24) is 20.0 Å². The van der Waals surface area contributed by atoms with E-state index in [-0.39, 0.29) is 5.78 Å². The second kappa shape index (κ2) is 8.98.